The quantitative estimate of drug-likeness (QED) is 0.639. The molecule has 1 amide bonds. The second-order valence-corrected chi connectivity index (χ2v) is 6.32. The van der Waals surface area contributed by atoms with Gasteiger partial charge in [-0.3, -0.25) is 10.1 Å². The first kappa shape index (κ1) is 18.1. The van der Waals surface area contributed by atoms with Gasteiger partial charge >= 0.3 is 0 Å². The van der Waals surface area contributed by atoms with Crippen molar-refractivity contribution in [2.45, 2.75) is 32.3 Å². The van der Waals surface area contributed by atoms with E-state index in [1.807, 2.05) is 54.6 Å². The zero-order chi connectivity index (χ0) is 18.2. The average molecular weight is 351 g/mol. The summed E-state index contributed by atoms with van der Waals surface area (Å²) in [6.45, 7) is 3.41. The van der Waals surface area contributed by atoms with Crippen molar-refractivity contribution in [2.75, 3.05) is 18.5 Å². The molecular formula is C21H25N3O2. The van der Waals surface area contributed by atoms with Gasteiger partial charge in [0.2, 0.25) is 5.96 Å². The van der Waals surface area contributed by atoms with Gasteiger partial charge in [-0.1, -0.05) is 37.3 Å². The third-order valence-corrected chi connectivity index (χ3v) is 4.37. The summed E-state index contributed by atoms with van der Waals surface area (Å²) in [5, 5.41) is 6.08. The highest BCUT2D eigenvalue weighted by Gasteiger charge is 2.16. The largest absolute Gasteiger partial charge is 0.376 e. The number of carbonyl (C=O) groups is 1. The molecule has 5 nitrogen and oxygen atoms in total. The molecule has 5 heteroatoms. The first-order valence-corrected chi connectivity index (χ1v) is 9.13. The molecule has 2 aromatic rings. The lowest BCUT2D eigenvalue weighted by atomic mass is 10.1. The summed E-state index contributed by atoms with van der Waals surface area (Å²) in [5.74, 6) is 0.262. The molecule has 0 radical (unpaired) electrons. The van der Waals surface area contributed by atoms with E-state index in [0.29, 0.717) is 18.1 Å². The lowest BCUT2D eigenvalue weighted by molar-refractivity contribution is 0.0975. The molecule has 0 spiro atoms. The Balaban J connectivity index is 1.70. The number of benzene rings is 2. The molecule has 1 heterocycles. The highest BCUT2D eigenvalue weighted by Crippen LogP contribution is 2.12. The number of nitrogens with one attached hydrogen (secondary N) is 2. The minimum Gasteiger partial charge on any atom is -0.376 e. The molecule has 0 bridgehead atoms. The number of hydrogen-bond donors (Lipinski definition) is 2. The van der Waals surface area contributed by atoms with Gasteiger partial charge in [-0.2, -0.15) is 0 Å². The number of aliphatic imine (C=N–C) groups is 1. The van der Waals surface area contributed by atoms with Gasteiger partial charge < -0.3 is 10.1 Å². The van der Waals surface area contributed by atoms with E-state index >= 15 is 0 Å². The lowest BCUT2D eigenvalue weighted by Crippen LogP contribution is -2.36. The number of nitrogens with zero attached hydrogens (tertiary/aromatic N) is 1. The van der Waals surface area contributed by atoms with Crippen molar-refractivity contribution in [1.29, 1.82) is 0 Å². The summed E-state index contributed by atoms with van der Waals surface area (Å²) in [6.07, 6.45) is 3.15. The molecule has 0 aliphatic carbocycles. The van der Waals surface area contributed by atoms with Crippen molar-refractivity contribution in [2.24, 2.45) is 4.99 Å². The highest BCUT2D eigenvalue weighted by atomic mass is 16.5. The minimum atomic E-state index is -0.179. The van der Waals surface area contributed by atoms with Crippen molar-refractivity contribution in [1.82, 2.24) is 5.32 Å². The molecule has 2 aromatic carbocycles. The predicted molar refractivity (Wildman–Crippen MR) is 105 cm³/mol. The zero-order valence-corrected chi connectivity index (χ0v) is 15.1. The fraction of sp³-hybridized carbons (Fsp3) is 0.333. The number of aryl methyl sites for hydroxylation is 1. The van der Waals surface area contributed by atoms with Crippen LogP contribution in [0.1, 0.15) is 35.7 Å². The monoisotopic (exact) mass is 351 g/mol. The highest BCUT2D eigenvalue weighted by molar-refractivity contribution is 6.09. The van der Waals surface area contributed by atoms with E-state index in [1.165, 1.54) is 5.56 Å². The molecule has 1 aliphatic rings. The second kappa shape index (κ2) is 9.15. The number of para-hydroxylation sites is 1. The number of carbonyl (C=O) groups excluding carboxylic acids is 1. The van der Waals surface area contributed by atoms with Crippen LogP contribution in [-0.2, 0) is 11.2 Å². The number of guanidine groups is 1. The number of hydrogen-bond acceptors (Lipinski definition) is 3. The zero-order valence-electron chi connectivity index (χ0n) is 15.1. The Morgan fingerprint density at radius 1 is 1.15 bits per heavy atom. The van der Waals surface area contributed by atoms with Crippen molar-refractivity contribution < 1.29 is 9.53 Å². The van der Waals surface area contributed by atoms with E-state index in [4.69, 9.17) is 4.74 Å². The fourth-order valence-corrected chi connectivity index (χ4v) is 2.82. The lowest BCUT2D eigenvalue weighted by Gasteiger charge is -2.13. The van der Waals surface area contributed by atoms with Gasteiger partial charge in [0.25, 0.3) is 5.91 Å². The molecule has 136 valence electrons. The van der Waals surface area contributed by atoms with Crippen LogP contribution < -0.4 is 10.6 Å². The fourth-order valence-electron chi connectivity index (χ4n) is 2.82. The van der Waals surface area contributed by atoms with E-state index in [1.54, 1.807) is 0 Å². The summed E-state index contributed by atoms with van der Waals surface area (Å²) in [6, 6.07) is 17.3. The van der Waals surface area contributed by atoms with Crippen molar-refractivity contribution in [3.8, 4) is 0 Å². The van der Waals surface area contributed by atoms with E-state index in [0.717, 1.165) is 31.6 Å². The SMILES string of the molecule is CCc1ccc(C(=O)NC(=NC[C@H]2CCCO2)Nc2ccccc2)cc1. The maximum absolute atomic E-state index is 12.6. The first-order valence-electron chi connectivity index (χ1n) is 9.13. The van der Waals surface area contributed by atoms with E-state index in [-0.39, 0.29) is 12.0 Å². The van der Waals surface area contributed by atoms with Crippen LogP contribution in [0.3, 0.4) is 0 Å². The Hall–Kier alpha value is -2.66. The summed E-state index contributed by atoms with van der Waals surface area (Å²) < 4.78 is 5.62. The van der Waals surface area contributed by atoms with Crippen LogP contribution >= 0.6 is 0 Å². The minimum absolute atomic E-state index is 0.128. The summed E-state index contributed by atoms with van der Waals surface area (Å²) in [5.41, 5.74) is 2.69. The molecule has 1 saturated heterocycles. The molecule has 0 unspecified atom stereocenters. The number of rotatable bonds is 5. The number of amides is 1. The van der Waals surface area contributed by atoms with Crippen LogP contribution in [0, 0.1) is 0 Å². The smallest absolute Gasteiger partial charge is 0.257 e. The molecular weight excluding hydrogens is 326 g/mol. The summed E-state index contributed by atoms with van der Waals surface area (Å²) >= 11 is 0. The van der Waals surface area contributed by atoms with Crippen LogP contribution in [0.25, 0.3) is 0 Å². The van der Waals surface area contributed by atoms with Crippen molar-refractivity contribution >= 4 is 17.6 Å². The van der Waals surface area contributed by atoms with Gasteiger partial charge in [0.1, 0.15) is 0 Å². The second-order valence-electron chi connectivity index (χ2n) is 6.32. The van der Waals surface area contributed by atoms with Crippen molar-refractivity contribution in [3.05, 3.63) is 65.7 Å². The number of ether oxygens (including phenoxy) is 1. The molecule has 2 N–H and O–H groups in total. The third-order valence-electron chi connectivity index (χ3n) is 4.37. The topological polar surface area (TPSA) is 62.7 Å². The Morgan fingerprint density at radius 2 is 1.92 bits per heavy atom. The molecule has 3 rings (SSSR count). The molecule has 0 saturated carbocycles. The third kappa shape index (κ3) is 5.17. The average Bonchev–Trinajstić information content (AvgIpc) is 3.20. The molecule has 1 fully saturated rings. The van der Waals surface area contributed by atoms with Crippen LogP contribution in [-0.4, -0.2) is 31.1 Å². The van der Waals surface area contributed by atoms with Gasteiger partial charge in [-0.15, -0.1) is 0 Å². The summed E-state index contributed by atoms with van der Waals surface area (Å²) in [7, 11) is 0. The van der Waals surface area contributed by atoms with Crippen molar-refractivity contribution in [3.63, 3.8) is 0 Å². The van der Waals surface area contributed by atoms with Crippen LogP contribution in [0.2, 0.25) is 0 Å². The van der Waals surface area contributed by atoms with Gasteiger partial charge in [0.15, 0.2) is 0 Å². The predicted octanol–water partition coefficient (Wildman–Crippen LogP) is 3.63. The van der Waals surface area contributed by atoms with Gasteiger partial charge in [0, 0.05) is 17.9 Å². The van der Waals surface area contributed by atoms with Gasteiger partial charge in [-0.25, -0.2) is 4.99 Å². The normalized spacial score (nSPS) is 17.1. The maximum atomic E-state index is 12.6. The Morgan fingerprint density at radius 3 is 2.58 bits per heavy atom. The maximum Gasteiger partial charge on any atom is 0.257 e. The number of anilines is 1. The van der Waals surface area contributed by atoms with E-state index in [9.17, 15) is 4.79 Å². The van der Waals surface area contributed by atoms with E-state index < -0.39 is 0 Å². The Kier molecular flexibility index (Phi) is 6.39. The Bertz CT molecular complexity index is 736. The summed E-state index contributed by atoms with van der Waals surface area (Å²) in [4.78, 5) is 17.1. The molecule has 26 heavy (non-hydrogen) atoms. The van der Waals surface area contributed by atoms with Crippen LogP contribution in [0.5, 0.6) is 0 Å². The molecule has 0 aromatic heterocycles. The Labute approximate surface area is 154 Å². The van der Waals surface area contributed by atoms with Crippen LogP contribution in [0.4, 0.5) is 5.69 Å². The molecule has 1 aliphatic heterocycles. The molecule has 1 atom stereocenters. The van der Waals surface area contributed by atoms with Crippen LogP contribution in [0.15, 0.2) is 59.6 Å². The van der Waals surface area contributed by atoms with Gasteiger partial charge in [0.05, 0.1) is 12.6 Å². The van der Waals surface area contributed by atoms with Gasteiger partial charge in [-0.05, 0) is 49.1 Å². The van der Waals surface area contributed by atoms with E-state index in [2.05, 4.69) is 22.5 Å². The standard InChI is InChI=1S/C21H25N3O2/c1-2-16-10-12-17(13-11-16)20(25)24-21(22-15-19-9-6-14-26-19)23-18-7-4-3-5-8-18/h3-5,7-8,10-13,19H,2,6,9,14-15H2,1H3,(H2,22,23,24,25)/t19-/m1/s1. The first-order chi connectivity index (χ1) is 12.7.